The quantitative estimate of drug-likeness (QED) is 0.0137. The number of para-hydroxylation sites is 1. The molecule has 2 unspecified atom stereocenters. The summed E-state index contributed by atoms with van der Waals surface area (Å²) in [7, 11) is 0. The van der Waals surface area contributed by atoms with Crippen molar-refractivity contribution in [2.24, 2.45) is 15.9 Å². The number of aliphatic imine (C=N–C) groups is 1. The van der Waals surface area contributed by atoms with Crippen molar-refractivity contribution >= 4 is 64.4 Å². The van der Waals surface area contributed by atoms with Crippen molar-refractivity contribution in [2.45, 2.75) is 271 Å². The molecule has 3 aromatic rings. The third-order valence-electron chi connectivity index (χ3n) is 23.9. The first-order chi connectivity index (χ1) is 69.5. The predicted molar refractivity (Wildman–Crippen MR) is 515 cm³/mol. The number of nitrogens with two attached hydrogens (primary N) is 1. The van der Waals surface area contributed by atoms with Crippen LogP contribution >= 0.6 is 0 Å². The fourth-order valence-corrected chi connectivity index (χ4v) is 15.6. The van der Waals surface area contributed by atoms with Gasteiger partial charge < -0.3 is 175 Å². The van der Waals surface area contributed by atoms with E-state index in [4.69, 9.17) is 81.9 Å². The second kappa shape index (κ2) is 72.8. The maximum absolute atomic E-state index is 14.1. The zero-order valence-electron chi connectivity index (χ0n) is 82.0. The lowest BCUT2D eigenvalue weighted by Gasteiger charge is -2.39. The first kappa shape index (κ1) is 121. The van der Waals surface area contributed by atoms with Crippen molar-refractivity contribution in [3.05, 3.63) is 101 Å². The minimum atomic E-state index is -1.59. The smallest absolute Gasteiger partial charge is 0.306 e. The number of amides is 7. The van der Waals surface area contributed by atoms with E-state index in [2.05, 4.69) is 37.0 Å². The Balaban J connectivity index is 0.738. The van der Waals surface area contributed by atoms with Gasteiger partial charge in [-0.05, 0) is 81.4 Å². The van der Waals surface area contributed by atoms with Crippen LogP contribution in [0, 0.1) is 0 Å². The standard InChI is InChI=1S/C98H156N10O35/c99-107-84-69-27-14-13-26-68(69)62-108(81(116)36-35-78(113)101-38-17-2-1-12-30-82(117)140-66-67-24-10-9-11-25-67)73-29-16-15-28-70(73)83(84)102-42-47-130-49-51-132-53-55-134-57-59-136-61-60-135-58-56-133-54-52-131-50-48-129-46-37-80(115)106-72(95(128)104-41-20-5-8-23-45-139-98-93(126)90(123)87(120)76(65-111)143-98)32-34-79(114)105-71(94(127)103-40-19-4-7-22-44-138-97-92(125)89(122)86(119)75(64-110)142-97)31-33-77(112)100-39-18-3-6-21-43-137-96-91(124)88(121)85(118)74(63-109)141-96/h9-11,13-16,24-29,71-72,74-76,85-93,96-98,109-111,118-126H,1-8,12,17-23,30-66,99H2,(H,100,112)(H,101,113)(H,103,127)(H,104,128)(H,105,114)(H,106,115)/t71?,72?,74-,75-,76-,85-,86-,87-,88+,89+,90+,91+,92+,93+,96+,97+,98+/m1/s1. The minimum absolute atomic E-state index is 0.00815. The van der Waals surface area contributed by atoms with E-state index in [0.29, 0.717) is 185 Å². The van der Waals surface area contributed by atoms with Crippen LogP contribution in [0.25, 0.3) is 0 Å². The number of aliphatic hydroxyl groups excluding tert-OH is 12. The van der Waals surface area contributed by atoms with Gasteiger partial charge in [0.2, 0.25) is 41.4 Å². The maximum atomic E-state index is 14.1. The van der Waals surface area contributed by atoms with E-state index in [-0.39, 0.29) is 162 Å². The van der Waals surface area contributed by atoms with E-state index < -0.39 is 154 Å². The number of ether oxygens (including phenoxy) is 15. The second-order valence-corrected chi connectivity index (χ2v) is 34.9. The summed E-state index contributed by atoms with van der Waals surface area (Å²) < 4.78 is 83.6. The fourth-order valence-electron chi connectivity index (χ4n) is 15.6. The van der Waals surface area contributed by atoms with Crippen LogP contribution in [0.5, 0.6) is 0 Å². The topological polar surface area (TPSA) is 644 Å². The van der Waals surface area contributed by atoms with Gasteiger partial charge in [0.15, 0.2) is 18.9 Å². The number of aliphatic hydroxyl groups is 12. The first-order valence-electron chi connectivity index (χ1n) is 50.0. The van der Waals surface area contributed by atoms with Gasteiger partial charge in [0.05, 0.1) is 150 Å². The van der Waals surface area contributed by atoms with Crippen LogP contribution in [-0.4, -0.2) is 402 Å². The van der Waals surface area contributed by atoms with Gasteiger partial charge in [0.1, 0.15) is 97.6 Å². The van der Waals surface area contributed by atoms with Crippen molar-refractivity contribution < 1.29 is 171 Å². The van der Waals surface area contributed by atoms with Gasteiger partial charge in [-0.25, -0.2) is 0 Å². The lowest BCUT2D eigenvalue weighted by atomic mass is 9.91. The van der Waals surface area contributed by atoms with E-state index in [1.807, 2.05) is 78.9 Å². The minimum Gasteiger partial charge on any atom is -0.461 e. The molecule has 0 aliphatic carbocycles. The molecule has 17 atom stereocenters. The van der Waals surface area contributed by atoms with Gasteiger partial charge >= 0.3 is 5.97 Å². The molecule has 45 nitrogen and oxygen atoms in total. The van der Waals surface area contributed by atoms with Crippen LogP contribution in [0.4, 0.5) is 5.69 Å². The summed E-state index contributed by atoms with van der Waals surface area (Å²) >= 11 is 0. The number of esters is 1. The van der Waals surface area contributed by atoms with Crippen molar-refractivity contribution in [2.75, 3.05) is 183 Å². The number of hydrogen-bond donors (Lipinski definition) is 19. The summed E-state index contributed by atoms with van der Waals surface area (Å²) in [5.74, 6) is 2.61. The molecule has 4 heterocycles. The number of nitrogens with zero attached hydrogens (tertiary/aromatic N) is 3. The lowest BCUT2D eigenvalue weighted by Crippen LogP contribution is -2.59. The zero-order chi connectivity index (χ0) is 103. The molecule has 7 amide bonds. The second-order valence-electron chi connectivity index (χ2n) is 34.9. The number of carbonyl (C=O) groups excluding carboxylic acids is 8. The van der Waals surface area contributed by atoms with Crippen LogP contribution in [-0.2, 0) is 123 Å². The highest BCUT2D eigenvalue weighted by atomic mass is 16.7. The monoisotopic (exact) mass is 2030 g/mol. The number of benzene rings is 3. The van der Waals surface area contributed by atoms with E-state index in [0.717, 1.165) is 36.0 Å². The molecule has 4 aliphatic rings. The Kier molecular flexibility index (Phi) is 61.8. The summed E-state index contributed by atoms with van der Waals surface area (Å²) in [6.45, 7) is 4.71. The van der Waals surface area contributed by atoms with Gasteiger partial charge in [0, 0.05) is 95.7 Å². The van der Waals surface area contributed by atoms with Gasteiger partial charge in [-0.2, -0.15) is 5.10 Å². The van der Waals surface area contributed by atoms with Gasteiger partial charge in [0.25, 0.3) is 0 Å². The van der Waals surface area contributed by atoms with Crippen LogP contribution in [0.2, 0.25) is 0 Å². The Hall–Kier alpha value is -8.48. The Morgan fingerprint density at radius 3 is 1.17 bits per heavy atom. The molecule has 0 bridgehead atoms. The molecule has 0 spiro atoms. The maximum Gasteiger partial charge on any atom is 0.306 e. The zero-order valence-corrected chi connectivity index (χ0v) is 82.0. The molecule has 0 aromatic heterocycles. The van der Waals surface area contributed by atoms with Gasteiger partial charge in [-0.15, -0.1) is 0 Å². The van der Waals surface area contributed by atoms with E-state index >= 15 is 0 Å². The van der Waals surface area contributed by atoms with Crippen LogP contribution in [0.15, 0.2) is 89.0 Å². The molecule has 3 fully saturated rings. The third-order valence-corrected chi connectivity index (χ3v) is 23.9. The number of unbranched alkanes of at least 4 members (excludes halogenated alkanes) is 12. The SMILES string of the molecule is NN=C1C(=NCCOCCOCCOCCOCCOCCOCCOCCOCCC(=O)NC(CCC(=O)NC(CCC(=O)NCCCCCCO[C@H]2O[C@H](CO)[C@@H](O)[C@H](O)[C@@H]2O)C(=O)NCCCCCCO[C@H]2O[C@H](CO)[C@@H](O)[C@H](O)[C@@H]2O)C(=O)NCCCCCCO[C@H]2O[C@H](CO)[C@@H](O)[C@H](O)[C@@H]2O)c2ccccc2N(C(=O)CCC(=O)NCCCCCCC(=O)OCc2ccccc2)Cc2ccccc21. The number of anilines is 1. The van der Waals surface area contributed by atoms with Crippen molar-refractivity contribution in [3.63, 3.8) is 0 Å². The first-order valence-corrected chi connectivity index (χ1v) is 50.0. The normalized spacial score (nSPS) is 22.7. The molecule has 808 valence electrons. The highest BCUT2D eigenvalue weighted by molar-refractivity contribution is 6.55. The Morgan fingerprint density at radius 1 is 0.364 bits per heavy atom. The van der Waals surface area contributed by atoms with Gasteiger partial charge in [-0.3, -0.25) is 43.3 Å². The number of hydrazone groups is 1. The highest BCUT2D eigenvalue weighted by Gasteiger charge is 2.47. The predicted octanol–water partition coefficient (Wildman–Crippen LogP) is -1.19. The van der Waals surface area contributed by atoms with Crippen molar-refractivity contribution in [1.82, 2.24) is 31.9 Å². The number of nitrogens with one attached hydrogen (secondary N) is 6. The highest BCUT2D eigenvalue weighted by Crippen LogP contribution is 2.32. The van der Waals surface area contributed by atoms with Crippen molar-refractivity contribution in [1.29, 1.82) is 0 Å². The number of fused-ring (bicyclic) bond motifs is 2. The van der Waals surface area contributed by atoms with Crippen molar-refractivity contribution in [3.8, 4) is 0 Å². The molecule has 7 rings (SSSR count). The molecular weight excluding hydrogens is 1880 g/mol. The lowest BCUT2D eigenvalue weighted by molar-refractivity contribution is -0.301. The van der Waals surface area contributed by atoms with Crippen LogP contribution in [0.3, 0.4) is 0 Å². The fraction of sp³-hybridized carbons (Fsp3) is 0.714. The Labute approximate surface area is 834 Å². The van der Waals surface area contributed by atoms with E-state index in [9.17, 15) is 99.6 Å². The van der Waals surface area contributed by atoms with Crippen LogP contribution in [0.1, 0.15) is 176 Å². The molecule has 4 aliphatic heterocycles. The molecule has 3 aromatic carbocycles. The molecule has 0 saturated carbocycles. The summed E-state index contributed by atoms with van der Waals surface area (Å²) in [5.41, 5.74) is 4.69. The number of rotatable bonds is 76. The molecule has 0 radical (unpaired) electrons. The average Bonchev–Trinajstić information content (AvgIpc) is 0.767. The van der Waals surface area contributed by atoms with E-state index in [1.165, 1.54) is 0 Å². The number of hydrogen-bond acceptors (Lipinski definition) is 38. The largest absolute Gasteiger partial charge is 0.461 e. The molecule has 143 heavy (non-hydrogen) atoms. The Morgan fingerprint density at radius 2 is 0.734 bits per heavy atom. The molecular formula is C98H156N10O35. The average molecular weight is 2030 g/mol. The third kappa shape index (κ3) is 46.6. The van der Waals surface area contributed by atoms with Gasteiger partial charge in [-0.1, -0.05) is 124 Å². The molecule has 20 N–H and O–H groups in total. The summed E-state index contributed by atoms with van der Waals surface area (Å²) in [4.78, 5) is 114. The molecule has 45 heteroatoms. The Bertz CT molecular complexity index is 4110. The summed E-state index contributed by atoms with van der Waals surface area (Å²) in [5, 5.41) is 141. The summed E-state index contributed by atoms with van der Waals surface area (Å²) in [6.07, 6.45) is -12.0. The number of carbonyl (C=O) groups is 8. The van der Waals surface area contributed by atoms with E-state index in [1.54, 1.807) is 4.90 Å². The summed E-state index contributed by atoms with van der Waals surface area (Å²) in [6, 6.07) is 22.1. The van der Waals surface area contributed by atoms with Crippen LogP contribution < -0.4 is 42.6 Å². The molecule has 3 saturated heterocycles.